The Labute approximate surface area is 165 Å². The van der Waals surface area contributed by atoms with Crippen molar-refractivity contribution >= 4 is 29.0 Å². The number of likely N-dealkylation sites (tertiary alicyclic amines) is 1. The van der Waals surface area contributed by atoms with Gasteiger partial charge < -0.3 is 9.64 Å². The Morgan fingerprint density at radius 1 is 1.33 bits per heavy atom. The molecule has 0 bridgehead atoms. The number of para-hydroxylation sites is 2. The van der Waals surface area contributed by atoms with Crippen molar-refractivity contribution in [3.8, 4) is 11.4 Å². The van der Waals surface area contributed by atoms with E-state index in [-0.39, 0.29) is 11.9 Å². The third-order valence-electron chi connectivity index (χ3n) is 4.52. The molecular weight excluding hydrogens is 382 g/mol. The van der Waals surface area contributed by atoms with Crippen LogP contribution in [0.5, 0.6) is 5.75 Å². The normalized spacial score (nSPS) is 16.6. The first-order valence-corrected chi connectivity index (χ1v) is 10.5. The molecule has 7 nitrogen and oxygen atoms in total. The molecule has 2 aromatic heterocycles. The van der Waals surface area contributed by atoms with E-state index in [9.17, 15) is 4.79 Å². The number of thiophene rings is 1. The van der Waals surface area contributed by atoms with Gasteiger partial charge in [-0.25, -0.2) is 0 Å². The van der Waals surface area contributed by atoms with Gasteiger partial charge in [-0.3, -0.25) is 4.79 Å². The van der Waals surface area contributed by atoms with Gasteiger partial charge in [0.15, 0.2) is 0 Å². The standard InChI is InChI=1S/C18H19N5O2S2/c1-25-15-8-3-2-6-13(15)23-18(19-20-21-23)27-12-17(24)22-10-4-7-14(22)16-9-5-11-26-16/h2-3,5-6,8-9,11,14H,4,7,10,12H2,1H3. The van der Waals surface area contributed by atoms with E-state index >= 15 is 0 Å². The minimum Gasteiger partial charge on any atom is -0.494 e. The van der Waals surface area contributed by atoms with Crippen molar-refractivity contribution in [2.45, 2.75) is 24.0 Å². The van der Waals surface area contributed by atoms with Crippen LogP contribution in [0.15, 0.2) is 46.9 Å². The summed E-state index contributed by atoms with van der Waals surface area (Å²) in [6.07, 6.45) is 2.06. The Kier molecular flexibility index (Phi) is 5.40. The quantitative estimate of drug-likeness (QED) is 0.591. The molecule has 4 rings (SSSR count). The zero-order chi connectivity index (χ0) is 18.6. The highest BCUT2D eigenvalue weighted by Crippen LogP contribution is 2.35. The van der Waals surface area contributed by atoms with Crippen molar-refractivity contribution in [3.63, 3.8) is 0 Å². The van der Waals surface area contributed by atoms with Crippen LogP contribution in [-0.4, -0.2) is 50.4 Å². The fourth-order valence-corrected chi connectivity index (χ4v) is 4.92. The molecule has 1 atom stereocenters. The highest BCUT2D eigenvalue weighted by atomic mass is 32.2. The minimum absolute atomic E-state index is 0.116. The van der Waals surface area contributed by atoms with Gasteiger partial charge in [0.25, 0.3) is 0 Å². The second-order valence-corrected chi connectivity index (χ2v) is 8.02. The molecule has 1 aliphatic heterocycles. The first kappa shape index (κ1) is 18.0. The Hall–Kier alpha value is -2.39. The Morgan fingerprint density at radius 3 is 3.04 bits per heavy atom. The number of thioether (sulfide) groups is 1. The van der Waals surface area contributed by atoms with E-state index in [1.165, 1.54) is 16.6 Å². The molecule has 1 amide bonds. The molecule has 0 aliphatic carbocycles. The van der Waals surface area contributed by atoms with Crippen LogP contribution >= 0.6 is 23.1 Å². The molecule has 1 fully saturated rings. The van der Waals surface area contributed by atoms with Gasteiger partial charge in [0.2, 0.25) is 11.1 Å². The summed E-state index contributed by atoms with van der Waals surface area (Å²) in [4.78, 5) is 16.1. The third kappa shape index (κ3) is 3.70. The number of aromatic nitrogens is 4. The molecule has 1 unspecified atom stereocenters. The van der Waals surface area contributed by atoms with Gasteiger partial charge in [-0.05, 0) is 46.8 Å². The van der Waals surface area contributed by atoms with Crippen molar-refractivity contribution < 1.29 is 9.53 Å². The first-order chi connectivity index (χ1) is 13.3. The van der Waals surface area contributed by atoms with Crippen LogP contribution in [0.2, 0.25) is 0 Å². The minimum atomic E-state index is 0.116. The predicted octanol–water partition coefficient (Wildman–Crippen LogP) is 3.19. The average molecular weight is 402 g/mol. The number of carbonyl (C=O) groups is 1. The summed E-state index contributed by atoms with van der Waals surface area (Å²) < 4.78 is 7.00. The number of nitrogens with zero attached hydrogens (tertiary/aromatic N) is 5. The lowest BCUT2D eigenvalue weighted by atomic mass is 10.2. The molecular formula is C18H19N5O2S2. The van der Waals surface area contributed by atoms with Crippen LogP contribution in [0.25, 0.3) is 5.69 Å². The van der Waals surface area contributed by atoms with Crippen LogP contribution in [-0.2, 0) is 4.79 Å². The van der Waals surface area contributed by atoms with Gasteiger partial charge in [-0.2, -0.15) is 4.68 Å². The summed E-state index contributed by atoms with van der Waals surface area (Å²) in [6, 6.07) is 11.9. The summed E-state index contributed by atoms with van der Waals surface area (Å²) in [6.45, 7) is 0.805. The van der Waals surface area contributed by atoms with Crippen LogP contribution < -0.4 is 4.74 Å². The maximum Gasteiger partial charge on any atom is 0.233 e. The molecule has 3 aromatic rings. The molecule has 0 saturated carbocycles. The maximum absolute atomic E-state index is 12.8. The van der Waals surface area contributed by atoms with Crippen LogP contribution in [0, 0.1) is 0 Å². The fourth-order valence-electron chi connectivity index (χ4n) is 3.28. The molecule has 0 N–H and O–H groups in total. The molecule has 1 saturated heterocycles. The number of ether oxygens (including phenoxy) is 1. The highest BCUT2D eigenvalue weighted by molar-refractivity contribution is 7.99. The second kappa shape index (κ2) is 8.10. The monoisotopic (exact) mass is 401 g/mol. The molecule has 27 heavy (non-hydrogen) atoms. The number of tetrazole rings is 1. The number of benzene rings is 1. The highest BCUT2D eigenvalue weighted by Gasteiger charge is 2.30. The molecule has 1 aromatic carbocycles. The molecule has 0 spiro atoms. The van der Waals surface area contributed by atoms with Gasteiger partial charge in [-0.15, -0.1) is 16.4 Å². The average Bonchev–Trinajstić information content (AvgIpc) is 3.46. The van der Waals surface area contributed by atoms with Crippen molar-refractivity contribution in [2.24, 2.45) is 0 Å². The summed E-state index contributed by atoms with van der Waals surface area (Å²) in [5, 5.41) is 14.5. The van der Waals surface area contributed by atoms with Crippen molar-refractivity contribution in [1.29, 1.82) is 0 Å². The SMILES string of the molecule is COc1ccccc1-n1nnnc1SCC(=O)N1CCCC1c1cccs1. The molecule has 3 heterocycles. The topological polar surface area (TPSA) is 73.1 Å². The maximum atomic E-state index is 12.8. The van der Waals surface area contributed by atoms with Crippen LogP contribution in [0.3, 0.4) is 0 Å². The first-order valence-electron chi connectivity index (χ1n) is 8.65. The number of rotatable bonds is 6. The molecule has 9 heteroatoms. The Morgan fingerprint density at radius 2 is 2.22 bits per heavy atom. The van der Waals surface area contributed by atoms with E-state index in [1.807, 2.05) is 35.2 Å². The lowest BCUT2D eigenvalue weighted by Gasteiger charge is -2.23. The number of hydrogen-bond acceptors (Lipinski definition) is 7. The number of carbonyl (C=O) groups excluding carboxylic acids is 1. The third-order valence-corrected chi connectivity index (χ3v) is 6.40. The number of hydrogen-bond donors (Lipinski definition) is 0. The Balaban J connectivity index is 1.47. The molecule has 0 radical (unpaired) electrons. The smallest absolute Gasteiger partial charge is 0.233 e. The van der Waals surface area contributed by atoms with E-state index in [0.29, 0.717) is 16.7 Å². The van der Waals surface area contributed by atoms with Crippen molar-refractivity contribution in [1.82, 2.24) is 25.1 Å². The van der Waals surface area contributed by atoms with Crippen molar-refractivity contribution in [2.75, 3.05) is 19.4 Å². The van der Waals surface area contributed by atoms with Gasteiger partial charge >= 0.3 is 0 Å². The van der Waals surface area contributed by atoms with E-state index in [1.54, 1.807) is 23.1 Å². The number of amides is 1. The van der Waals surface area contributed by atoms with E-state index in [0.717, 1.165) is 25.1 Å². The summed E-state index contributed by atoms with van der Waals surface area (Å²) in [5.74, 6) is 1.10. The largest absolute Gasteiger partial charge is 0.494 e. The summed E-state index contributed by atoms with van der Waals surface area (Å²) in [7, 11) is 1.61. The van der Waals surface area contributed by atoms with E-state index in [4.69, 9.17) is 4.74 Å². The fraction of sp³-hybridized carbons (Fsp3) is 0.333. The number of methoxy groups -OCH3 is 1. The zero-order valence-electron chi connectivity index (χ0n) is 14.8. The lowest BCUT2D eigenvalue weighted by molar-refractivity contribution is -0.129. The molecule has 1 aliphatic rings. The van der Waals surface area contributed by atoms with Crippen molar-refractivity contribution in [3.05, 3.63) is 46.7 Å². The molecule has 140 valence electrons. The van der Waals surface area contributed by atoms with Crippen LogP contribution in [0.4, 0.5) is 0 Å². The predicted molar refractivity (Wildman–Crippen MR) is 104 cm³/mol. The lowest BCUT2D eigenvalue weighted by Crippen LogP contribution is -2.31. The van der Waals surface area contributed by atoms with Gasteiger partial charge in [-0.1, -0.05) is 30.0 Å². The van der Waals surface area contributed by atoms with Gasteiger partial charge in [0, 0.05) is 11.4 Å². The van der Waals surface area contributed by atoms with E-state index < -0.39 is 0 Å². The van der Waals surface area contributed by atoms with Gasteiger partial charge in [0.1, 0.15) is 11.4 Å². The summed E-state index contributed by atoms with van der Waals surface area (Å²) >= 11 is 3.06. The second-order valence-electron chi connectivity index (χ2n) is 6.09. The summed E-state index contributed by atoms with van der Waals surface area (Å²) in [5.41, 5.74) is 0.748. The Bertz CT molecular complexity index is 912. The van der Waals surface area contributed by atoms with Crippen LogP contribution in [0.1, 0.15) is 23.8 Å². The zero-order valence-corrected chi connectivity index (χ0v) is 16.4. The van der Waals surface area contributed by atoms with Gasteiger partial charge in [0.05, 0.1) is 18.9 Å². The van der Waals surface area contributed by atoms with E-state index in [2.05, 4.69) is 27.0 Å².